The lowest BCUT2D eigenvalue weighted by Crippen LogP contribution is -2.24. The summed E-state index contributed by atoms with van der Waals surface area (Å²) >= 11 is 12.4. The van der Waals surface area contributed by atoms with Gasteiger partial charge in [-0.1, -0.05) is 29.3 Å². The zero-order valence-corrected chi connectivity index (χ0v) is 18.5. The van der Waals surface area contributed by atoms with Crippen LogP contribution in [0.3, 0.4) is 0 Å². The molecule has 0 spiro atoms. The molecule has 0 unspecified atom stereocenters. The van der Waals surface area contributed by atoms with E-state index in [0.29, 0.717) is 27.2 Å². The molecule has 32 heavy (non-hydrogen) atoms. The monoisotopic (exact) mass is 477 g/mol. The molecule has 9 nitrogen and oxygen atoms in total. The Bertz CT molecular complexity index is 1230. The highest BCUT2D eigenvalue weighted by Crippen LogP contribution is 2.37. The summed E-state index contributed by atoms with van der Waals surface area (Å²) in [4.78, 5) is 39.0. The number of benzene rings is 2. The van der Waals surface area contributed by atoms with Crippen molar-refractivity contribution in [2.24, 2.45) is 0 Å². The van der Waals surface area contributed by atoms with E-state index in [9.17, 15) is 19.7 Å². The van der Waals surface area contributed by atoms with Gasteiger partial charge in [0, 0.05) is 17.1 Å². The van der Waals surface area contributed by atoms with E-state index in [0.717, 1.165) is 0 Å². The van der Waals surface area contributed by atoms with Crippen molar-refractivity contribution in [3.63, 3.8) is 0 Å². The predicted molar refractivity (Wildman–Crippen MR) is 119 cm³/mol. The molecule has 166 valence electrons. The van der Waals surface area contributed by atoms with Gasteiger partial charge in [0.15, 0.2) is 19.0 Å². The molecule has 0 atom stereocenters. The maximum absolute atomic E-state index is 12.1. The molecule has 1 heterocycles. The first-order valence-corrected chi connectivity index (χ1v) is 10.00. The highest BCUT2D eigenvalue weighted by molar-refractivity contribution is 6.39. The Morgan fingerprint density at radius 2 is 1.84 bits per heavy atom. The fraction of sp³-hybridized carbons (Fsp3) is 0.190. The first kappa shape index (κ1) is 23.2. The standard InChI is InChI=1S/C21H17Cl2N3O6/c1-11-3-6-16(17(7-11)26(29)30)25-18(27)9-31-19(28)10-32-21-15(23)8-14(22)13-5-4-12(2)24-20(13)21/h3-8H,9-10H2,1-2H3,(H,25,27). The van der Waals surface area contributed by atoms with Crippen molar-refractivity contribution in [2.45, 2.75) is 13.8 Å². The number of esters is 1. The third kappa shape index (κ3) is 5.43. The van der Waals surface area contributed by atoms with Gasteiger partial charge in [-0.2, -0.15) is 0 Å². The SMILES string of the molecule is Cc1ccc(NC(=O)COC(=O)COc2c(Cl)cc(Cl)c3ccc(C)nc23)c([N+](=O)[O-])c1. The van der Waals surface area contributed by atoms with Crippen LogP contribution < -0.4 is 10.1 Å². The van der Waals surface area contributed by atoms with Gasteiger partial charge in [-0.05, 0) is 43.7 Å². The van der Waals surface area contributed by atoms with Crippen LogP contribution in [0, 0.1) is 24.0 Å². The Morgan fingerprint density at radius 1 is 1.09 bits per heavy atom. The number of aryl methyl sites for hydroxylation is 2. The van der Waals surface area contributed by atoms with Crippen molar-refractivity contribution >= 4 is 57.4 Å². The Hall–Kier alpha value is -3.43. The van der Waals surface area contributed by atoms with Crippen LogP contribution in [0.1, 0.15) is 11.3 Å². The van der Waals surface area contributed by atoms with E-state index >= 15 is 0 Å². The van der Waals surface area contributed by atoms with E-state index in [1.165, 1.54) is 18.2 Å². The van der Waals surface area contributed by atoms with E-state index in [1.54, 1.807) is 32.0 Å². The molecule has 3 aromatic rings. The summed E-state index contributed by atoms with van der Waals surface area (Å²) in [6.45, 7) is 2.28. The minimum absolute atomic E-state index is 0.00115. The maximum Gasteiger partial charge on any atom is 0.344 e. The number of nitrogens with one attached hydrogen (secondary N) is 1. The lowest BCUT2D eigenvalue weighted by molar-refractivity contribution is -0.384. The predicted octanol–water partition coefficient (Wildman–Crippen LogP) is 4.63. The van der Waals surface area contributed by atoms with Gasteiger partial charge in [0.2, 0.25) is 0 Å². The maximum atomic E-state index is 12.1. The van der Waals surface area contributed by atoms with Gasteiger partial charge >= 0.3 is 5.97 Å². The number of anilines is 1. The summed E-state index contributed by atoms with van der Waals surface area (Å²) in [5, 5.41) is 14.6. The lowest BCUT2D eigenvalue weighted by Gasteiger charge is -2.12. The first-order chi connectivity index (χ1) is 15.2. The van der Waals surface area contributed by atoms with Crippen LogP contribution in [-0.4, -0.2) is 35.0 Å². The van der Waals surface area contributed by atoms with Gasteiger partial charge in [-0.3, -0.25) is 14.9 Å². The van der Waals surface area contributed by atoms with Crippen molar-refractivity contribution in [2.75, 3.05) is 18.5 Å². The van der Waals surface area contributed by atoms with Gasteiger partial charge in [-0.25, -0.2) is 9.78 Å². The van der Waals surface area contributed by atoms with E-state index in [1.807, 2.05) is 0 Å². The van der Waals surface area contributed by atoms with Crippen LogP contribution in [-0.2, 0) is 14.3 Å². The number of carbonyl (C=O) groups is 2. The van der Waals surface area contributed by atoms with Crippen molar-refractivity contribution < 1.29 is 24.0 Å². The molecular formula is C21H17Cl2N3O6. The Balaban J connectivity index is 1.61. The topological polar surface area (TPSA) is 121 Å². The number of rotatable bonds is 7. The molecule has 0 saturated carbocycles. The second-order valence-electron chi connectivity index (χ2n) is 6.79. The molecule has 3 rings (SSSR count). The van der Waals surface area contributed by atoms with Crippen LogP contribution in [0.2, 0.25) is 10.0 Å². The van der Waals surface area contributed by atoms with E-state index < -0.39 is 30.0 Å². The highest BCUT2D eigenvalue weighted by Gasteiger charge is 2.18. The lowest BCUT2D eigenvalue weighted by atomic mass is 10.2. The fourth-order valence-corrected chi connectivity index (χ4v) is 3.40. The first-order valence-electron chi connectivity index (χ1n) is 9.24. The molecule has 0 aliphatic heterocycles. The Morgan fingerprint density at radius 3 is 2.56 bits per heavy atom. The second-order valence-corrected chi connectivity index (χ2v) is 7.61. The molecular weight excluding hydrogens is 461 g/mol. The number of carbonyl (C=O) groups excluding carboxylic acids is 2. The van der Waals surface area contributed by atoms with Crippen LogP contribution in [0.15, 0.2) is 36.4 Å². The molecule has 0 aliphatic rings. The number of nitro groups is 1. The number of nitro benzene ring substituents is 1. The molecule has 0 aliphatic carbocycles. The second kappa shape index (κ2) is 9.80. The number of ether oxygens (including phenoxy) is 2. The fourth-order valence-electron chi connectivity index (χ4n) is 2.83. The van der Waals surface area contributed by atoms with Gasteiger partial charge in [0.1, 0.15) is 11.2 Å². The molecule has 2 aromatic carbocycles. The number of fused-ring (bicyclic) bond motifs is 1. The van der Waals surface area contributed by atoms with Gasteiger partial charge in [-0.15, -0.1) is 0 Å². The summed E-state index contributed by atoms with van der Waals surface area (Å²) in [7, 11) is 0. The van der Waals surface area contributed by atoms with Gasteiger partial charge in [0.25, 0.3) is 11.6 Å². The van der Waals surface area contributed by atoms with E-state index in [2.05, 4.69) is 10.3 Å². The van der Waals surface area contributed by atoms with Crippen molar-refractivity contribution in [3.05, 3.63) is 67.8 Å². The number of amides is 1. The van der Waals surface area contributed by atoms with Crippen LogP contribution >= 0.6 is 23.2 Å². The Labute approximate surface area is 192 Å². The average Bonchev–Trinajstić information content (AvgIpc) is 2.73. The van der Waals surface area contributed by atoms with Gasteiger partial charge in [0.05, 0.1) is 15.0 Å². The quantitative estimate of drug-likeness (QED) is 0.299. The molecule has 1 N–H and O–H groups in total. The largest absolute Gasteiger partial charge is 0.478 e. The molecule has 1 amide bonds. The van der Waals surface area contributed by atoms with Gasteiger partial charge < -0.3 is 14.8 Å². The van der Waals surface area contributed by atoms with Crippen LogP contribution in [0.4, 0.5) is 11.4 Å². The minimum atomic E-state index is -0.842. The zero-order valence-electron chi connectivity index (χ0n) is 17.0. The number of hydrogen-bond donors (Lipinski definition) is 1. The number of nitrogens with zero attached hydrogens (tertiary/aromatic N) is 2. The summed E-state index contributed by atoms with van der Waals surface area (Å²) in [5.41, 5.74) is 1.49. The summed E-state index contributed by atoms with van der Waals surface area (Å²) in [5.74, 6) is -1.42. The van der Waals surface area contributed by atoms with Crippen molar-refractivity contribution in [1.82, 2.24) is 4.98 Å². The van der Waals surface area contributed by atoms with E-state index in [4.69, 9.17) is 32.7 Å². The summed E-state index contributed by atoms with van der Waals surface area (Å²) in [6.07, 6.45) is 0. The smallest absolute Gasteiger partial charge is 0.344 e. The van der Waals surface area contributed by atoms with E-state index in [-0.39, 0.29) is 22.1 Å². The molecule has 1 aromatic heterocycles. The normalized spacial score (nSPS) is 10.6. The minimum Gasteiger partial charge on any atom is -0.478 e. The summed E-state index contributed by atoms with van der Waals surface area (Å²) in [6, 6.07) is 9.35. The molecule has 0 fully saturated rings. The molecule has 0 radical (unpaired) electrons. The van der Waals surface area contributed by atoms with Crippen molar-refractivity contribution in [3.8, 4) is 5.75 Å². The van der Waals surface area contributed by atoms with Crippen LogP contribution in [0.25, 0.3) is 10.9 Å². The Kier molecular flexibility index (Phi) is 7.12. The molecule has 0 saturated heterocycles. The van der Waals surface area contributed by atoms with Crippen LogP contribution in [0.5, 0.6) is 5.75 Å². The zero-order chi connectivity index (χ0) is 23.4. The number of aromatic nitrogens is 1. The molecule has 11 heteroatoms. The van der Waals surface area contributed by atoms with Crippen molar-refractivity contribution in [1.29, 1.82) is 0 Å². The number of hydrogen-bond acceptors (Lipinski definition) is 7. The average molecular weight is 478 g/mol. The summed E-state index contributed by atoms with van der Waals surface area (Å²) < 4.78 is 10.4. The highest BCUT2D eigenvalue weighted by atomic mass is 35.5. The molecule has 0 bridgehead atoms. The number of halogens is 2. The third-order valence-corrected chi connectivity index (χ3v) is 4.89. The third-order valence-electron chi connectivity index (χ3n) is 4.30. The number of pyridine rings is 1.